The highest BCUT2D eigenvalue weighted by Crippen LogP contribution is 2.14. The Hall–Kier alpha value is -1.95. The Kier molecular flexibility index (Phi) is 2.82. The average molecular weight is 235 g/mol. The first-order valence-corrected chi connectivity index (χ1v) is 5.41. The molecule has 1 aromatic carbocycles. The van der Waals surface area contributed by atoms with Crippen molar-refractivity contribution in [1.29, 1.82) is 5.41 Å². The number of benzene rings is 1. The van der Waals surface area contributed by atoms with Crippen LogP contribution in [0.1, 0.15) is 5.56 Å². The Morgan fingerprint density at radius 1 is 1.38 bits per heavy atom. The molecule has 0 saturated carbocycles. The molecule has 0 aliphatic rings. The normalized spacial score (nSPS) is 10.2. The van der Waals surface area contributed by atoms with Gasteiger partial charge in [0, 0.05) is 0 Å². The van der Waals surface area contributed by atoms with Gasteiger partial charge in [0.25, 0.3) is 0 Å². The average Bonchev–Trinajstić information content (AvgIpc) is 2.62. The summed E-state index contributed by atoms with van der Waals surface area (Å²) in [5, 5.41) is 18.2. The van der Waals surface area contributed by atoms with Gasteiger partial charge in [0.15, 0.2) is 4.80 Å². The van der Waals surface area contributed by atoms with Crippen LogP contribution < -0.4 is 4.80 Å². The van der Waals surface area contributed by atoms with Crippen molar-refractivity contribution in [3.05, 3.63) is 57.0 Å². The third-order valence-electron chi connectivity index (χ3n) is 2.10. The van der Waals surface area contributed by atoms with Gasteiger partial charge in [0.05, 0.1) is 17.7 Å². The number of hydrogen-bond donors (Lipinski definition) is 1. The molecular weight excluding hydrogens is 226 g/mol. The van der Waals surface area contributed by atoms with Crippen molar-refractivity contribution >= 4 is 16.3 Å². The Bertz CT molecular complexity index is 559. The number of hydrogen-bond acceptors (Lipinski definition) is 4. The van der Waals surface area contributed by atoms with Crippen LogP contribution in [0, 0.1) is 15.5 Å². The molecule has 0 aliphatic heterocycles. The maximum atomic E-state index is 10.5. The van der Waals surface area contributed by atoms with Crippen LogP contribution >= 0.6 is 11.3 Å². The van der Waals surface area contributed by atoms with Crippen molar-refractivity contribution in [1.82, 2.24) is 4.57 Å². The van der Waals surface area contributed by atoms with E-state index in [-0.39, 0.29) is 9.80 Å². The third-order valence-corrected chi connectivity index (χ3v) is 3.00. The minimum atomic E-state index is -0.468. The predicted octanol–water partition coefficient (Wildman–Crippen LogP) is 1.99. The lowest BCUT2D eigenvalue weighted by Gasteiger charge is -2.00. The highest BCUT2D eigenvalue weighted by molar-refractivity contribution is 7.12. The molecule has 1 N–H and O–H groups in total. The molecular formula is C10H9N3O2S. The zero-order valence-electron chi connectivity index (χ0n) is 8.29. The van der Waals surface area contributed by atoms with Crippen molar-refractivity contribution in [2.24, 2.45) is 0 Å². The smallest absolute Gasteiger partial charge is 0.313 e. The van der Waals surface area contributed by atoms with E-state index in [9.17, 15) is 10.1 Å². The molecule has 0 radical (unpaired) electrons. The molecule has 0 unspecified atom stereocenters. The summed E-state index contributed by atoms with van der Waals surface area (Å²) >= 11 is 0.872. The SMILES string of the molecule is N=c1sc([N+](=O)[O-])cn1Cc1ccccc1. The second kappa shape index (κ2) is 4.28. The van der Waals surface area contributed by atoms with Crippen LogP contribution in [0.15, 0.2) is 36.5 Å². The lowest BCUT2D eigenvalue weighted by atomic mass is 10.2. The van der Waals surface area contributed by atoms with E-state index in [0.717, 1.165) is 16.9 Å². The maximum Gasteiger partial charge on any atom is 0.343 e. The number of aromatic nitrogens is 1. The fourth-order valence-electron chi connectivity index (χ4n) is 1.36. The van der Waals surface area contributed by atoms with Crippen LogP contribution in [-0.2, 0) is 6.54 Å². The summed E-state index contributed by atoms with van der Waals surface area (Å²) in [7, 11) is 0. The van der Waals surface area contributed by atoms with E-state index >= 15 is 0 Å². The van der Waals surface area contributed by atoms with Crippen LogP contribution in [0.5, 0.6) is 0 Å². The largest absolute Gasteiger partial charge is 0.343 e. The Balaban J connectivity index is 2.29. The highest BCUT2D eigenvalue weighted by Gasteiger charge is 2.11. The number of nitrogens with zero attached hydrogens (tertiary/aromatic N) is 2. The molecule has 0 saturated heterocycles. The fourth-order valence-corrected chi connectivity index (χ4v) is 2.05. The number of rotatable bonds is 3. The first-order valence-electron chi connectivity index (χ1n) is 4.60. The van der Waals surface area contributed by atoms with E-state index < -0.39 is 4.92 Å². The van der Waals surface area contributed by atoms with Crippen LogP contribution in [0.25, 0.3) is 0 Å². The molecule has 1 heterocycles. The lowest BCUT2D eigenvalue weighted by Crippen LogP contribution is -2.12. The summed E-state index contributed by atoms with van der Waals surface area (Å²) in [6.45, 7) is 0.490. The third kappa shape index (κ3) is 2.17. The first-order chi connectivity index (χ1) is 7.66. The van der Waals surface area contributed by atoms with Crippen LogP contribution in [-0.4, -0.2) is 9.49 Å². The van der Waals surface area contributed by atoms with E-state index in [2.05, 4.69) is 0 Å². The summed E-state index contributed by atoms with van der Waals surface area (Å²) in [5.74, 6) is 0. The minimum absolute atomic E-state index is 0.000862. The van der Waals surface area contributed by atoms with Gasteiger partial charge >= 0.3 is 5.00 Å². The van der Waals surface area contributed by atoms with Gasteiger partial charge in [-0.2, -0.15) is 0 Å². The van der Waals surface area contributed by atoms with Crippen LogP contribution in [0.2, 0.25) is 0 Å². The minimum Gasteiger partial charge on any atom is -0.313 e. The second-order valence-electron chi connectivity index (χ2n) is 3.25. The monoisotopic (exact) mass is 235 g/mol. The standard InChI is InChI=1S/C10H9N3O2S/c11-10-12(7-9(16-10)13(14)15)6-8-4-2-1-3-5-8/h1-5,7,11H,6H2. The second-order valence-corrected chi connectivity index (χ2v) is 4.25. The molecule has 16 heavy (non-hydrogen) atoms. The number of thiazole rings is 1. The van der Waals surface area contributed by atoms with Gasteiger partial charge in [0.1, 0.15) is 0 Å². The van der Waals surface area contributed by atoms with Crippen molar-refractivity contribution in [3.8, 4) is 0 Å². The summed E-state index contributed by atoms with van der Waals surface area (Å²) in [6.07, 6.45) is 1.40. The van der Waals surface area contributed by atoms with E-state index in [1.165, 1.54) is 6.20 Å². The summed E-state index contributed by atoms with van der Waals surface area (Å²) in [5.41, 5.74) is 1.02. The highest BCUT2D eigenvalue weighted by atomic mass is 32.1. The van der Waals surface area contributed by atoms with Gasteiger partial charge < -0.3 is 4.57 Å². The fraction of sp³-hybridized carbons (Fsp3) is 0.100. The topological polar surface area (TPSA) is 71.9 Å². The van der Waals surface area contributed by atoms with E-state index in [1.54, 1.807) is 4.57 Å². The van der Waals surface area contributed by atoms with Crippen molar-refractivity contribution < 1.29 is 4.92 Å². The molecule has 82 valence electrons. The molecule has 0 spiro atoms. The molecule has 0 bridgehead atoms. The van der Waals surface area contributed by atoms with Crippen LogP contribution in [0.4, 0.5) is 5.00 Å². The Morgan fingerprint density at radius 2 is 2.06 bits per heavy atom. The van der Waals surface area contributed by atoms with Gasteiger partial charge in [-0.05, 0) is 16.9 Å². The summed E-state index contributed by atoms with van der Waals surface area (Å²) in [6, 6.07) is 9.57. The Labute approximate surface area is 95.3 Å². The van der Waals surface area contributed by atoms with E-state index in [0.29, 0.717) is 6.54 Å². The summed E-state index contributed by atoms with van der Waals surface area (Å²) < 4.78 is 1.57. The van der Waals surface area contributed by atoms with Crippen molar-refractivity contribution in [2.75, 3.05) is 0 Å². The molecule has 0 atom stereocenters. The molecule has 0 fully saturated rings. The van der Waals surface area contributed by atoms with Crippen LogP contribution in [0.3, 0.4) is 0 Å². The van der Waals surface area contributed by atoms with Gasteiger partial charge in [-0.25, -0.2) is 0 Å². The number of nitro groups is 1. The molecule has 6 heteroatoms. The van der Waals surface area contributed by atoms with E-state index in [1.807, 2.05) is 30.3 Å². The molecule has 0 amide bonds. The zero-order valence-corrected chi connectivity index (χ0v) is 9.11. The molecule has 2 rings (SSSR count). The van der Waals surface area contributed by atoms with Crippen molar-refractivity contribution in [2.45, 2.75) is 6.54 Å². The molecule has 2 aromatic rings. The van der Waals surface area contributed by atoms with Gasteiger partial charge in [0.2, 0.25) is 0 Å². The quantitative estimate of drug-likeness (QED) is 0.652. The van der Waals surface area contributed by atoms with Gasteiger partial charge in [-0.1, -0.05) is 30.3 Å². The van der Waals surface area contributed by atoms with Crippen molar-refractivity contribution in [3.63, 3.8) is 0 Å². The molecule has 0 aliphatic carbocycles. The van der Waals surface area contributed by atoms with Gasteiger partial charge in [-0.3, -0.25) is 15.5 Å². The number of nitrogens with one attached hydrogen (secondary N) is 1. The summed E-state index contributed by atoms with van der Waals surface area (Å²) in [4.78, 5) is 10.3. The first kappa shape index (κ1) is 10.6. The zero-order chi connectivity index (χ0) is 11.5. The Morgan fingerprint density at radius 3 is 2.62 bits per heavy atom. The lowest BCUT2D eigenvalue weighted by molar-refractivity contribution is -0.380. The molecule has 1 aromatic heterocycles. The molecule has 5 nitrogen and oxygen atoms in total. The maximum absolute atomic E-state index is 10.5. The predicted molar refractivity (Wildman–Crippen MR) is 60.4 cm³/mol. The van der Waals surface area contributed by atoms with E-state index in [4.69, 9.17) is 5.41 Å². The van der Waals surface area contributed by atoms with Gasteiger partial charge in [-0.15, -0.1) is 0 Å².